The highest BCUT2D eigenvalue weighted by Crippen LogP contribution is 2.36. The summed E-state index contributed by atoms with van der Waals surface area (Å²) in [4.78, 5) is 42.8. The highest BCUT2D eigenvalue weighted by molar-refractivity contribution is 7.46. The minimum absolute atomic E-state index is 0.210. The van der Waals surface area contributed by atoms with Gasteiger partial charge in [-0.25, -0.2) is 4.57 Å². The summed E-state index contributed by atoms with van der Waals surface area (Å²) < 4.78 is 26.4. The number of esters is 2. The first-order valence-corrected chi connectivity index (χ1v) is 22.7. The Morgan fingerprint density at radius 3 is 1.24 bits per heavy atom. The minimum Gasteiger partial charge on any atom is -0.462 e. The SMILES string of the molecule is CCCCC/C=C\CCCCCCCC(=O)OCC(COP(=O)(O)O)OC(=O)CCCCCCCCCCC/C=C\CCCCCCCCCC. The lowest BCUT2D eigenvalue weighted by atomic mass is 10.1. The smallest absolute Gasteiger partial charge is 0.462 e. The summed E-state index contributed by atoms with van der Waals surface area (Å²) in [6, 6.07) is 0. The summed E-state index contributed by atoms with van der Waals surface area (Å²) in [6.45, 7) is 3.66. The molecule has 0 aliphatic carbocycles. The van der Waals surface area contributed by atoms with Crippen molar-refractivity contribution in [3.05, 3.63) is 24.3 Å². The predicted octanol–water partition coefficient (Wildman–Crippen LogP) is 12.8. The maximum Gasteiger partial charge on any atom is 0.469 e. The Labute approximate surface area is 313 Å². The second-order valence-electron chi connectivity index (χ2n) is 14.3. The standard InChI is InChI=1S/C42H79O8P/c1-3-5-7-9-11-13-15-17-18-19-20-21-22-23-24-25-27-29-31-33-35-37-42(44)50-40(39-49-51(45,46)47)38-48-41(43)36-34-32-30-28-26-16-14-12-10-8-6-4-2/h12,14,19-20,40H,3-11,13,15-18,21-39H2,1-2H3,(H2,45,46,47)/b14-12-,20-19-. The number of phosphoric ester groups is 1. The number of hydrogen-bond acceptors (Lipinski definition) is 6. The van der Waals surface area contributed by atoms with Crippen LogP contribution < -0.4 is 0 Å². The number of hydrogen-bond donors (Lipinski definition) is 2. The molecule has 0 bridgehead atoms. The molecule has 300 valence electrons. The molecule has 9 heteroatoms. The third-order valence-corrected chi connectivity index (χ3v) is 9.68. The number of ether oxygens (including phenoxy) is 2. The molecule has 0 heterocycles. The monoisotopic (exact) mass is 743 g/mol. The zero-order valence-electron chi connectivity index (χ0n) is 33.0. The fourth-order valence-electron chi connectivity index (χ4n) is 6.01. The van der Waals surface area contributed by atoms with Crippen LogP contribution in [0.4, 0.5) is 0 Å². The quantitative estimate of drug-likeness (QED) is 0.0276. The summed E-state index contributed by atoms with van der Waals surface area (Å²) in [6.07, 6.45) is 43.3. The van der Waals surface area contributed by atoms with Crippen LogP contribution in [0.5, 0.6) is 0 Å². The number of carbonyl (C=O) groups excluding carboxylic acids is 2. The van der Waals surface area contributed by atoms with Gasteiger partial charge in [0.15, 0.2) is 6.10 Å². The van der Waals surface area contributed by atoms with Crippen molar-refractivity contribution in [3.63, 3.8) is 0 Å². The van der Waals surface area contributed by atoms with Gasteiger partial charge >= 0.3 is 19.8 Å². The van der Waals surface area contributed by atoms with Crippen LogP contribution in [-0.4, -0.2) is 41.0 Å². The van der Waals surface area contributed by atoms with Crippen LogP contribution in [0.25, 0.3) is 0 Å². The number of rotatable bonds is 39. The molecule has 1 atom stereocenters. The van der Waals surface area contributed by atoms with Crippen LogP contribution in [0.2, 0.25) is 0 Å². The van der Waals surface area contributed by atoms with E-state index in [0.29, 0.717) is 12.8 Å². The first-order valence-electron chi connectivity index (χ1n) is 21.1. The Balaban J connectivity index is 3.87. The van der Waals surface area contributed by atoms with Gasteiger partial charge in [0.05, 0.1) is 6.61 Å². The normalized spacial score (nSPS) is 12.6. The van der Waals surface area contributed by atoms with Crippen LogP contribution >= 0.6 is 7.82 Å². The van der Waals surface area contributed by atoms with Crippen molar-refractivity contribution < 1.29 is 37.9 Å². The molecule has 0 spiro atoms. The van der Waals surface area contributed by atoms with Crippen molar-refractivity contribution in [1.82, 2.24) is 0 Å². The Hall–Kier alpha value is -1.47. The number of carbonyl (C=O) groups is 2. The third-order valence-electron chi connectivity index (χ3n) is 9.19. The summed E-state index contributed by atoms with van der Waals surface area (Å²) >= 11 is 0. The molecule has 0 saturated carbocycles. The van der Waals surface area contributed by atoms with Crippen molar-refractivity contribution in [3.8, 4) is 0 Å². The van der Waals surface area contributed by atoms with Gasteiger partial charge in [0, 0.05) is 12.8 Å². The van der Waals surface area contributed by atoms with Crippen molar-refractivity contribution in [2.75, 3.05) is 13.2 Å². The molecular formula is C42H79O8P. The average Bonchev–Trinajstić information content (AvgIpc) is 3.10. The van der Waals surface area contributed by atoms with Crippen molar-refractivity contribution in [1.29, 1.82) is 0 Å². The fourth-order valence-corrected chi connectivity index (χ4v) is 6.37. The lowest BCUT2D eigenvalue weighted by Crippen LogP contribution is -2.29. The van der Waals surface area contributed by atoms with E-state index in [9.17, 15) is 14.2 Å². The van der Waals surface area contributed by atoms with Gasteiger partial charge in [-0.15, -0.1) is 0 Å². The van der Waals surface area contributed by atoms with Crippen molar-refractivity contribution in [2.45, 2.75) is 219 Å². The van der Waals surface area contributed by atoms with E-state index in [4.69, 9.17) is 19.3 Å². The van der Waals surface area contributed by atoms with E-state index in [1.54, 1.807) is 0 Å². The zero-order valence-corrected chi connectivity index (χ0v) is 33.9. The van der Waals surface area contributed by atoms with Crippen LogP contribution in [0.3, 0.4) is 0 Å². The molecule has 0 aliphatic rings. The Morgan fingerprint density at radius 1 is 0.490 bits per heavy atom. The molecule has 1 unspecified atom stereocenters. The van der Waals surface area contributed by atoms with Crippen molar-refractivity contribution in [2.24, 2.45) is 0 Å². The maximum atomic E-state index is 12.4. The Bertz CT molecular complexity index is 884. The Kier molecular flexibility index (Phi) is 37.2. The van der Waals surface area contributed by atoms with Crippen LogP contribution in [0, 0.1) is 0 Å². The molecule has 2 N–H and O–H groups in total. The van der Waals surface area contributed by atoms with Crippen LogP contribution in [0.15, 0.2) is 24.3 Å². The van der Waals surface area contributed by atoms with Gasteiger partial charge < -0.3 is 19.3 Å². The summed E-state index contributed by atoms with van der Waals surface area (Å²) in [5, 5.41) is 0. The second kappa shape index (κ2) is 38.3. The first kappa shape index (κ1) is 49.5. The second-order valence-corrected chi connectivity index (χ2v) is 15.5. The fraction of sp³-hybridized carbons (Fsp3) is 0.857. The van der Waals surface area contributed by atoms with Gasteiger partial charge in [-0.3, -0.25) is 14.1 Å². The third kappa shape index (κ3) is 41.2. The van der Waals surface area contributed by atoms with E-state index in [1.165, 1.54) is 122 Å². The molecule has 0 amide bonds. The molecule has 0 rings (SSSR count). The highest BCUT2D eigenvalue weighted by Gasteiger charge is 2.22. The summed E-state index contributed by atoms with van der Waals surface area (Å²) in [5.41, 5.74) is 0. The molecule has 0 aromatic carbocycles. The van der Waals surface area contributed by atoms with Gasteiger partial charge in [-0.05, 0) is 64.2 Å². The van der Waals surface area contributed by atoms with E-state index in [2.05, 4.69) is 42.7 Å². The number of allylic oxidation sites excluding steroid dienone is 4. The minimum atomic E-state index is -4.75. The summed E-state index contributed by atoms with van der Waals surface area (Å²) in [7, 11) is -4.75. The van der Waals surface area contributed by atoms with Gasteiger partial charge in [0.1, 0.15) is 6.61 Å². The molecule has 0 saturated heterocycles. The highest BCUT2D eigenvalue weighted by atomic mass is 31.2. The van der Waals surface area contributed by atoms with Gasteiger partial charge in [-0.2, -0.15) is 0 Å². The predicted molar refractivity (Wildman–Crippen MR) is 212 cm³/mol. The number of unbranched alkanes of at least 4 members (excludes halogenated alkanes) is 25. The molecule has 51 heavy (non-hydrogen) atoms. The van der Waals surface area contributed by atoms with Gasteiger partial charge in [0.2, 0.25) is 0 Å². The molecule has 8 nitrogen and oxygen atoms in total. The lowest BCUT2D eigenvalue weighted by molar-refractivity contribution is -0.161. The molecule has 0 aromatic heterocycles. The Morgan fingerprint density at radius 2 is 0.824 bits per heavy atom. The molecule has 0 fully saturated rings. The van der Waals surface area contributed by atoms with E-state index < -0.39 is 32.5 Å². The molecular weight excluding hydrogens is 663 g/mol. The van der Waals surface area contributed by atoms with E-state index in [1.807, 2.05) is 0 Å². The van der Waals surface area contributed by atoms with Gasteiger partial charge in [-0.1, -0.05) is 160 Å². The van der Waals surface area contributed by atoms with E-state index in [-0.39, 0.29) is 19.4 Å². The average molecular weight is 743 g/mol. The molecule has 0 aliphatic heterocycles. The van der Waals surface area contributed by atoms with E-state index in [0.717, 1.165) is 51.4 Å². The van der Waals surface area contributed by atoms with Crippen LogP contribution in [0.1, 0.15) is 213 Å². The summed E-state index contributed by atoms with van der Waals surface area (Å²) in [5.74, 6) is -0.892. The number of phosphoric acid groups is 1. The zero-order chi connectivity index (χ0) is 37.5. The largest absolute Gasteiger partial charge is 0.469 e. The molecule has 0 radical (unpaired) electrons. The molecule has 0 aromatic rings. The van der Waals surface area contributed by atoms with Crippen molar-refractivity contribution >= 4 is 19.8 Å². The lowest BCUT2D eigenvalue weighted by Gasteiger charge is -2.18. The van der Waals surface area contributed by atoms with E-state index >= 15 is 0 Å². The topological polar surface area (TPSA) is 119 Å². The first-order chi connectivity index (χ1) is 24.8. The van der Waals surface area contributed by atoms with Crippen LogP contribution in [-0.2, 0) is 28.2 Å². The maximum absolute atomic E-state index is 12.4. The van der Waals surface area contributed by atoms with Gasteiger partial charge in [0.25, 0.3) is 0 Å².